The Morgan fingerprint density at radius 3 is 2.56 bits per heavy atom. The van der Waals surface area contributed by atoms with Crippen LogP contribution in [0.1, 0.15) is 51.3 Å². The van der Waals surface area contributed by atoms with E-state index in [9.17, 15) is 18.0 Å². The molecule has 1 aliphatic carbocycles. The van der Waals surface area contributed by atoms with Crippen LogP contribution in [0.3, 0.4) is 0 Å². The van der Waals surface area contributed by atoms with Crippen molar-refractivity contribution >= 4 is 22.9 Å². The zero-order valence-corrected chi connectivity index (χ0v) is 24.0. The van der Waals surface area contributed by atoms with Gasteiger partial charge in [-0.1, -0.05) is 18.1 Å². The van der Waals surface area contributed by atoms with Gasteiger partial charge in [0, 0.05) is 61.8 Å². The SMILES string of the molecule is Cc1ccc(C(=O)Nc2ccc(CN3CCN(C)CC3)c(C(F)(F)F)c2)cc1C#Cc1nnc2c(NC3CC3)cccn12. The number of likely N-dealkylation sites (N-methyl/N-ethyl adjacent to an activating group) is 1. The van der Waals surface area contributed by atoms with Gasteiger partial charge in [-0.15, -0.1) is 10.2 Å². The molecule has 1 aliphatic heterocycles. The Bertz CT molecular complexity index is 1720. The summed E-state index contributed by atoms with van der Waals surface area (Å²) in [6.07, 6.45) is -0.427. The largest absolute Gasteiger partial charge is 0.416 e. The highest BCUT2D eigenvalue weighted by Gasteiger charge is 2.34. The van der Waals surface area contributed by atoms with Gasteiger partial charge < -0.3 is 15.5 Å². The number of hydrogen-bond acceptors (Lipinski definition) is 6. The van der Waals surface area contributed by atoms with Crippen LogP contribution in [0.25, 0.3) is 5.65 Å². The molecule has 2 fully saturated rings. The fraction of sp³-hybridized carbons (Fsp3) is 0.344. The Morgan fingerprint density at radius 1 is 1.02 bits per heavy atom. The van der Waals surface area contributed by atoms with E-state index in [2.05, 4.69) is 37.6 Å². The summed E-state index contributed by atoms with van der Waals surface area (Å²) in [6.45, 7) is 5.12. The number of piperazine rings is 1. The van der Waals surface area contributed by atoms with Crippen molar-refractivity contribution in [2.45, 2.75) is 38.5 Å². The number of amides is 1. The first kappa shape index (κ1) is 28.7. The van der Waals surface area contributed by atoms with E-state index >= 15 is 0 Å². The van der Waals surface area contributed by atoms with Crippen LogP contribution in [0.15, 0.2) is 54.7 Å². The lowest BCUT2D eigenvalue weighted by molar-refractivity contribution is -0.138. The van der Waals surface area contributed by atoms with E-state index in [1.807, 2.05) is 41.6 Å². The molecule has 6 rings (SSSR count). The van der Waals surface area contributed by atoms with Gasteiger partial charge in [-0.2, -0.15) is 13.2 Å². The maximum atomic E-state index is 14.0. The number of hydrogen-bond donors (Lipinski definition) is 2. The molecule has 0 bridgehead atoms. The highest BCUT2D eigenvalue weighted by atomic mass is 19.4. The maximum absolute atomic E-state index is 14.0. The van der Waals surface area contributed by atoms with Crippen LogP contribution >= 0.6 is 0 Å². The highest BCUT2D eigenvalue weighted by molar-refractivity contribution is 6.04. The van der Waals surface area contributed by atoms with E-state index in [0.717, 1.165) is 43.2 Å². The number of halogens is 3. The molecule has 1 saturated heterocycles. The quantitative estimate of drug-likeness (QED) is 0.308. The highest BCUT2D eigenvalue weighted by Crippen LogP contribution is 2.35. The summed E-state index contributed by atoms with van der Waals surface area (Å²) in [6, 6.07) is 13.4. The predicted molar refractivity (Wildman–Crippen MR) is 159 cm³/mol. The van der Waals surface area contributed by atoms with Gasteiger partial charge in [0.15, 0.2) is 5.65 Å². The first-order valence-electron chi connectivity index (χ1n) is 14.3. The third-order valence-electron chi connectivity index (χ3n) is 7.84. The normalized spacial score (nSPS) is 16.1. The Kier molecular flexibility index (Phi) is 7.81. The van der Waals surface area contributed by atoms with Gasteiger partial charge in [-0.05, 0) is 80.3 Å². The lowest BCUT2D eigenvalue weighted by Crippen LogP contribution is -2.44. The first-order chi connectivity index (χ1) is 20.6. The topological polar surface area (TPSA) is 77.8 Å². The molecule has 2 aromatic heterocycles. The molecule has 0 atom stereocenters. The third kappa shape index (κ3) is 6.66. The Labute approximate surface area is 247 Å². The maximum Gasteiger partial charge on any atom is 0.416 e. The molecule has 2 N–H and O–H groups in total. The van der Waals surface area contributed by atoms with Gasteiger partial charge in [0.25, 0.3) is 5.91 Å². The molecule has 4 aromatic rings. The average Bonchev–Trinajstić information content (AvgIpc) is 3.70. The smallest absolute Gasteiger partial charge is 0.379 e. The van der Waals surface area contributed by atoms with Gasteiger partial charge >= 0.3 is 6.18 Å². The van der Waals surface area contributed by atoms with Crippen LogP contribution < -0.4 is 10.6 Å². The molecule has 1 saturated carbocycles. The lowest BCUT2D eigenvalue weighted by Gasteiger charge is -2.33. The number of rotatable bonds is 6. The molecule has 11 heteroatoms. The summed E-state index contributed by atoms with van der Waals surface area (Å²) < 4.78 is 43.9. The van der Waals surface area contributed by atoms with E-state index in [-0.39, 0.29) is 23.4 Å². The molecule has 43 heavy (non-hydrogen) atoms. The molecule has 8 nitrogen and oxygen atoms in total. The van der Waals surface area contributed by atoms with Gasteiger partial charge in [-0.25, -0.2) is 0 Å². The molecule has 3 heterocycles. The third-order valence-corrected chi connectivity index (χ3v) is 7.84. The van der Waals surface area contributed by atoms with Crippen molar-refractivity contribution in [1.82, 2.24) is 24.4 Å². The molecule has 0 radical (unpaired) electrons. The van der Waals surface area contributed by atoms with Crippen molar-refractivity contribution < 1.29 is 18.0 Å². The van der Waals surface area contributed by atoms with Crippen LogP contribution in [0.2, 0.25) is 0 Å². The molecule has 2 aliphatic rings. The Balaban J connectivity index is 1.20. The number of nitrogens with zero attached hydrogens (tertiary/aromatic N) is 5. The van der Waals surface area contributed by atoms with Crippen LogP contribution in [0.4, 0.5) is 24.5 Å². The number of nitrogens with one attached hydrogen (secondary N) is 2. The van der Waals surface area contributed by atoms with Gasteiger partial charge in [-0.3, -0.25) is 14.1 Å². The zero-order valence-electron chi connectivity index (χ0n) is 24.0. The molecule has 2 aromatic carbocycles. The van der Waals surface area contributed by atoms with Crippen LogP contribution in [0.5, 0.6) is 0 Å². The van der Waals surface area contributed by atoms with Crippen LogP contribution in [0, 0.1) is 18.8 Å². The fourth-order valence-corrected chi connectivity index (χ4v) is 5.09. The van der Waals surface area contributed by atoms with Crippen molar-refractivity contribution in [2.24, 2.45) is 0 Å². The monoisotopic (exact) mass is 587 g/mol. The van der Waals surface area contributed by atoms with Gasteiger partial charge in [0.1, 0.15) is 0 Å². The molecular formula is C32H32F3N7O. The number of pyridine rings is 1. The van der Waals surface area contributed by atoms with Gasteiger partial charge in [0.05, 0.1) is 11.3 Å². The molecule has 222 valence electrons. The van der Waals surface area contributed by atoms with Crippen LogP contribution in [-0.4, -0.2) is 69.6 Å². The summed E-state index contributed by atoms with van der Waals surface area (Å²) in [4.78, 5) is 17.3. The number of carbonyl (C=O) groups excluding carboxylic acids is 1. The molecular weight excluding hydrogens is 555 g/mol. The van der Waals surface area contributed by atoms with Crippen molar-refractivity contribution in [1.29, 1.82) is 0 Å². The summed E-state index contributed by atoms with van der Waals surface area (Å²) in [5, 5.41) is 14.6. The minimum absolute atomic E-state index is 0.0817. The number of anilines is 2. The van der Waals surface area contributed by atoms with Crippen molar-refractivity contribution in [3.8, 4) is 11.8 Å². The Hall–Kier alpha value is -4.40. The minimum atomic E-state index is -4.55. The van der Waals surface area contributed by atoms with Crippen molar-refractivity contribution in [3.05, 3.63) is 88.4 Å². The number of aryl methyl sites for hydroxylation is 1. The number of carbonyl (C=O) groups is 1. The van der Waals surface area contributed by atoms with E-state index in [4.69, 9.17) is 0 Å². The van der Waals surface area contributed by atoms with E-state index < -0.39 is 17.6 Å². The fourth-order valence-electron chi connectivity index (χ4n) is 5.09. The lowest BCUT2D eigenvalue weighted by atomic mass is 10.0. The van der Waals surface area contributed by atoms with E-state index in [0.29, 0.717) is 36.2 Å². The summed E-state index contributed by atoms with van der Waals surface area (Å²) in [5.74, 6) is 6.07. The zero-order chi connectivity index (χ0) is 30.1. The molecule has 0 unspecified atom stereocenters. The van der Waals surface area contributed by atoms with E-state index in [1.165, 1.54) is 12.1 Å². The second kappa shape index (κ2) is 11.7. The molecule has 1 amide bonds. The standard InChI is InChI=1S/C32H32F3N7O/c1-21-5-6-23(18-22(21)8-12-29-38-39-30-28(36-25-10-11-25)4-3-13-42(29)30)31(43)37-26-9-7-24(27(19-26)32(33,34)35)20-41-16-14-40(2)15-17-41/h3-7,9,13,18-19,25,36H,10-11,14-17,20H2,1-2H3,(H,37,43). The number of alkyl halides is 3. The minimum Gasteiger partial charge on any atom is -0.379 e. The van der Waals surface area contributed by atoms with Crippen molar-refractivity contribution in [2.75, 3.05) is 43.9 Å². The number of fused-ring (bicyclic) bond motifs is 1. The second-order valence-corrected chi connectivity index (χ2v) is 11.2. The molecule has 0 spiro atoms. The number of aromatic nitrogens is 3. The first-order valence-corrected chi connectivity index (χ1v) is 14.3. The van der Waals surface area contributed by atoms with Crippen LogP contribution in [-0.2, 0) is 12.7 Å². The summed E-state index contributed by atoms with van der Waals surface area (Å²) in [7, 11) is 2.00. The van der Waals surface area contributed by atoms with Crippen molar-refractivity contribution in [3.63, 3.8) is 0 Å². The van der Waals surface area contributed by atoms with E-state index in [1.54, 1.807) is 18.2 Å². The average molecular weight is 588 g/mol. The second-order valence-electron chi connectivity index (χ2n) is 11.2. The predicted octanol–water partition coefficient (Wildman–Crippen LogP) is 5.03. The summed E-state index contributed by atoms with van der Waals surface area (Å²) in [5.41, 5.74) is 2.87. The Morgan fingerprint density at radius 2 is 1.81 bits per heavy atom. The summed E-state index contributed by atoms with van der Waals surface area (Å²) >= 11 is 0. The van der Waals surface area contributed by atoms with Gasteiger partial charge in [0.2, 0.25) is 5.82 Å². The number of benzene rings is 2.